The maximum Gasteiger partial charge on any atom is 0.251 e. The second kappa shape index (κ2) is 6.76. The van der Waals surface area contributed by atoms with E-state index in [1.165, 1.54) is 32.1 Å². The molecule has 6 heteroatoms. The summed E-state index contributed by atoms with van der Waals surface area (Å²) in [7, 11) is 1.94. The lowest BCUT2D eigenvalue weighted by molar-refractivity contribution is 0.0922. The molecule has 1 atom stereocenters. The fraction of sp³-hybridized carbons (Fsp3) is 0.500. The van der Waals surface area contributed by atoms with Crippen LogP contribution in [0.4, 0.5) is 0 Å². The highest BCUT2D eigenvalue weighted by molar-refractivity contribution is 6.09. The average Bonchev–Trinajstić information content (AvgIpc) is 3.16. The predicted octanol–water partition coefficient (Wildman–Crippen LogP) is 3.14. The van der Waals surface area contributed by atoms with Crippen molar-refractivity contribution in [3.05, 3.63) is 30.0 Å². The Hall–Kier alpha value is -2.34. The zero-order valence-electron chi connectivity index (χ0n) is 15.4. The van der Waals surface area contributed by atoms with E-state index in [1.54, 1.807) is 6.92 Å². The number of aliphatic hydroxyl groups is 1. The SMILES string of the molecule is C[C@H](CO)NC(=O)c1ccc2c(c1)c1cn(C)nc1n2C1CCCCC1. The molecule has 138 valence electrons. The van der Waals surface area contributed by atoms with Crippen LogP contribution in [-0.4, -0.2) is 38.0 Å². The van der Waals surface area contributed by atoms with Crippen molar-refractivity contribution in [3.8, 4) is 0 Å². The number of carbonyl (C=O) groups is 1. The van der Waals surface area contributed by atoms with Crippen LogP contribution in [0.5, 0.6) is 0 Å². The molecule has 1 amide bonds. The number of benzene rings is 1. The van der Waals surface area contributed by atoms with E-state index in [4.69, 9.17) is 10.2 Å². The number of nitrogens with one attached hydrogen (secondary N) is 1. The fourth-order valence-corrected chi connectivity index (χ4v) is 4.12. The number of aromatic nitrogens is 3. The number of nitrogens with zero attached hydrogens (tertiary/aromatic N) is 3. The van der Waals surface area contributed by atoms with E-state index in [2.05, 4.69) is 9.88 Å². The molecule has 4 rings (SSSR count). The molecule has 1 aliphatic carbocycles. The molecule has 0 radical (unpaired) electrons. The highest BCUT2D eigenvalue weighted by atomic mass is 16.3. The molecule has 1 saturated carbocycles. The summed E-state index contributed by atoms with van der Waals surface area (Å²) < 4.78 is 4.23. The maximum absolute atomic E-state index is 12.5. The quantitative estimate of drug-likeness (QED) is 0.756. The summed E-state index contributed by atoms with van der Waals surface area (Å²) >= 11 is 0. The molecule has 2 heterocycles. The van der Waals surface area contributed by atoms with Gasteiger partial charge in [0, 0.05) is 41.7 Å². The minimum atomic E-state index is -0.261. The van der Waals surface area contributed by atoms with Crippen molar-refractivity contribution in [2.75, 3.05) is 6.61 Å². The third kappa shape index (κ3) is 2.88. The van der Waals surface area contributed by atoms with Crippen LogP contribution in [0.25, 0.3) is 21.9 Å². The van der Waals surface area contributed by atoms with Crippen LogP contribution in [0.2, 0.25) is 0 Å². The molecule has 1 aliphatic rings. The van der Waals surface area contributed by atoms with Gasteiger partial charge in [0.25, 0.3) is 5.91 Å². The third-order valence-electron chi connectivity index (χ3n) is 5.44. The first-order valence-electron chi connectivity index (χ1n) is 9.47. The van der Waals surface area contributed by atoms with Crippen LogP contribution in [-0.2, 0) is 7.05 Å². The van der Waals surface area contributed by atoms with Crippen LogP contribution in [0.1, 0.15) is 55.4 Å². The van der Waals surface area contributed by atoms with E-state index in [9.17, 15) is 4.79 Å². The molecule has 6 nitrogen and oxygen atoms in total. The monoisotopic (exact) mass is 354 g/mol. The molecule has 0 bridgehead atoms. The number of hydrogen-bond acceptors (Lipinski definition) is 3. The van der Waals surface area contributed by atoms with Crippen molar-refractivity contribution >= 4 is 27.8 Å². The molecule has 0 unspecified atom stereocenters. The van der Waals surface area contributed by atoms with Crippen molar-refractivity contribution in [2.24, 2.45) is 7.05 Å². The van der Waals surface area contributed by atoms with Crippen LogP contribution >= 0.6 is 0 Å². The van der Waals surface area contributed by atoms with Crippen LogP contribution < -0.4 is 5.32 Å². The molecular weight excluding hydrogens is 328 g/mol. The summed E-state index contributed by atoms with van der Waals surface area (Å²) in [6, 6.07) is 6.10. The molecule has 1 fully saturated rings. The van der Waals surface area contributed by atoms with Gasteiger partial charge in [0.15, 0.2) is 5.65 Å². The van der Waals surface area contributed by atoms with Crippen LogP contribution in [0.3, 0.4) is 0 Å². The molecule has 26 heavy (non-hydrogen) atoms. The number of rotatable bonds is 4. The number of aryl methyl sites for hydroxylation is 1. The summed E-state index contributed by atoms with van der Waals surface area (Å²) in [5.74, 6) is -0.157. The smallest absolute Gasteiger partial charge is 0.251 e. The minimum absolute atomic E-state index is 0.0705. The first kappa shape index (κ1) is 17.1. The second-order valence-corrected chi connectivity index (χ2v) is 7.49. The number of hydrogen-bond donors (Lipinski definition) is 2. The van der Waals surface area contributed by atoms with Crippen molar-refractivity contribution in [1.29, 1.82) is 0 Å². The molecule has 2 aromatic heterocycles. The summed E-state index contributed by atoms with van der Waals surface area (Å²) in [4.78, 5) is 12.5. The molecule has 0 aliphatic heterocycles. The van der Waals surface area contributed by atoms with Crippen LogP contribution in [0.15, 0.2) is 24.4 Å². The topological polar surface area (TPSA) is 72.1 Å². The van der Waals surface area contributed by atoms with Crippen LogP contribution in [0, 0.1) is 0 Å². The van der Waals surface area contributed by atoms with Gasteiger partial charge in [0.05, 0.1) is 12.1 Å². The average molecular weight is 354 g/mol. The fourth-order valence-electron chi connectivity index (χ4n) is 4.12. The van der Waals surface area contributed by atoms with Gasteiger partial charge in [-0.05, 0) is 38.0 Å². The van der Waals surface area contributed by atoms with E-state index in [-0.39, 0.29) is 18.6 Å². The zero-order chi connectivity index (χ0) is 18.3. The molecular formula is C20H26N4O2. The Morgan fingerprint density at radius 2 is 2.08 bits per heavy atom. The van der Waals surface area contributed by atoms with Crippen molar-refractivity contribution in [1.82, 2.24) is 19.7 Å². The lowest BCUT2D eigenvalue weighted by Crippen LogP contribution is -2.34. The normalized spacial score (nSPS) is 17.0. The lowest BCUT2D eigenvalue weighted by Gasteiger charge is -2.24. The Morgan fingerprint density at radius 3 is 2.81 bits per heavy atom. The second-order valence-electron chi connectivity index (χ2n) is 7.49. The van der Waals surface area contributed by atoms with E-state index in [0.29, 0.717) is 11.6 Å². The zero-order valence-corrected chi connectivity index (χ0v) is 15.4. The van der Waals surface area contributed by atoms with Gasteiger partial charge in [-0.1, -0.05) is 19.3 Å². The molecule has 1 aromatic carbocycles. The Balaban J connectivity index is 1.82. The number of fused-ring (bicyclic) bond motifs is 3. The standard InChI is InChI=1S/C20H26N4O2/c1-13(12-25)21-20(26)14-8-9-18-16(10-14)17-11-23(2)22-19(17)24(18)15-6-4-3-5-7-15/h8-11,13,15,25H,3-7,12H2,1-2H3,(H,21,26)/t13-/m1/s1. The van der Waals surface area contributed by atoms with E-state index in [0.717, 1.165) is 21.9 Å². The largest absolute Gasteiger partial charge is 0.394 e. The van der Waals surface area contributed by atoms with Crippen molar-refractivity contribution in [2.45, 2.75) is 51.1 Å². The summed E-state index contributed by atoms with van der Waals surface area (Å²) in [5.41, 5.74) is 2.78. The molecule has 0 spiro atoms. The third-order valence-corrected chi connectivity index (χ3v) is 5.44. The number of carbonyl (C=O) groups excluding carboxylic acids is 1. The Labute approximate surface area is 152 Å². The molecule has 0 saturated heterocycles. The highest BCUT2D eigenvalue weighted by Crippen LogP contribution is 2.37. The Kier molecular flexibility index (Phi) is 4.44. The van der Waals surface area contributed by atoms with E-state index in [1.807, 2.05) is 36.1 Å². The highest BCUT2D eigenvalue weighted by Gasteiger charge is 2.23. The van der Waals surface area contributed by atoms with Gasteiger partial charge in [-0.15, -0.1) is 0 Å². The Bertz CT molecular complexity index is 950. The van der Waals surface area contributed by atoms with E-state index >= 15 is 0 Å². The summed E-state index contributed by atoms with van der Waals surface area (Å²) in [5, 5.41) is 18.9. The minimum Gasteiger partial charge on any atom is -0.394 e. The van der Waals surface area contributed by atoms with Crippen molar-refractivity contribution in [3.63, 3.8) is 0 Å². The van der Waals surface area contributed by atoms with Gasteiger partial charge in [0.1, 0.15) is 0 Å². The molecule has 2 N–H and O–H groups in total. The van der Waals surface area contributed by atoms with Gasteiger partial charge in [0.2, 0.25) is 0 Å². The summed E-state index contributed by atoms with van der Waals surface area (Å²) in [6.07, 6.45) is 8.25. The van der Waals surface area contributed by atoms with Gasteiger partial charge in [-0.25, -0.2) is 0 Å². The predicted molar refractivity (Wildman–Crippen MR) is 102 cm³/mol. The van der Waals surface area contributed by atoms with Gasteiger partial charge < -0.3 is 15.0 Å². The number of amides is 1. The first-order valence-corrected chi connectivity index (χ1v) is 9.47. The summed E-state index contributed by atoms with van der Waals surface area (Å²) in [6.45, 7) is 1.72. The number of aliphatic hydroxyl groups excluding tert-OH is 1. The first-order chi connectivity index (χ1) is 12.6. The van der Waals surface area contributed by atoms with Crippen molar-refractivity contribution < 1.29 is 9.90 Å². The molecule has 3 aromatic rings. The Morgan fingerprint density at radius 1 is 1.31 bits per heavy atom. The lowest BCUT2D eigenvalue weighted by atomic mass is 9.95. The van der Waals surface area contributed by atoms with E-state index < -0.39 is 0 Å². The van der Waals surface area contributed by atoms with Gasteiger partial charge in [-0.3, -0.25) is 9.48 Å². The van der Waals surface area contributed by atoms with Gasteiger partial charge >= 0.3 is 0 Å². The van der Waals surface area contributed by atoms with Gasteiger partial charge in [-0.2, -0.15) is 5.10 Å². The maximum atomic E-state index is 12.5.